The molecule has 0 heterocycles. The number of amides is 2. The molecule has 0 saturated heterocycles. The topological polar surface area (TPSA) is 70.6 Å². The lowest BCUT2D eigenvalue weighted by Crippen LogP contribution is -2.39. The molecular formula is C16H23ClN2O3. The monoisotopic (exact) mass is 326 g/mol. The van der Waals surface area contributed by atoms with E-state index in [0.717, 1.165) is 31.2 Å². The highest BCUT2D eigenvalue weighted by Gasteiger charge is 2.20. The lowest BCUT2D eigenvalue weighted by atomic mass is 9.87. The Morgan fingerprint density at radius 1 is 1.41 bits per heavy atom. The molecular weight excluding hydrogens is 304 g/mol. The minimum atomic E-state index is -0.220. The molecule has 6 heteroatoms. The third kappa shape index (κ3) is 5.07. The Labute approximate surface area is 136 Å². The van der Waals surface area contributed by atoms with Crippen molar-refractivity contribution in [3.8, 4) is 5.75 Å². The highest BCUT2D eigenvalue weighted by Crippen LogP contribution is 2.24. The zero-order chi connectivity index (χ0) is 15.9. The molecule has 1 aromatic carbocycles. The van der Waals surface area contributed by atoms with Gasteiger partial charge in [-0.25, -0.2) is 4.79 Å². The molecule has 0 bridgehead atoms. The first-order valence-corrected chi connectivity index (χ1v) is 7.98. The molecule has 1 saturated carbocycles. The van der Waals surface area contributed by atoms with Crippen LogP contribution in [-0.4, -0.2) is 30.9 Å². The van der Waals surface area contributed by atoms with Gasteiger partial charge in [0.2, 0.25) is 0 Å². The summed E-state index contributed by atoms with van der Waals surface area (Å²) in [4.78, 5) is 11.9. The summed E-state index contributed by atoms with van der Waals surface area (Å²) in [7, 11) is 1.57. The number of urea groups is 1. The molecule has 122 valence electrons. The second kappa shape index (κ2) is 8.25. The quantitative estimate of drug-likeness (QED) is 0.779. The molecule has 0 aliphatic heterocycles. The number of halogens is 1. The fraction of sp³-hybridized carbons (Fsp3) is 0.562. The summed E-state index contributed by atoms with van der Waals surface area (Å²) in [6, 6.07) is 5.11. The standard InChI is InChI=1S/C16H23ClN2O3/c1-22-15-8-13(17)6-5-12(15)10-19-16(21)18-9-11-3-2-4-14(20)7-11/h5-6,8,11,14,20H,2-4,7,9-10H2,1H3,(H2,18,19,21). The fourth-order valence-electron chi connectivity index (χ4n) is 2.79. The van der Waals surface area contributed by atoms with Crippen LogP contribution in [0.1, 0.15) is 31.2 Å². The summed E-state index contributed by atoms with van der Waals surface area (Å²) >= 11 is 5.91. The summed E-state index contributed by atoms with van der Waals surface area (Å²) < 4.78 is 5.24. The number of rotatable bonds is 5. The molecule has 2 amide bonds. The molecule has 0 spiro atoms. The van der Waals surface area contributed by atoms with Crippen LogP contribution in [0.5, 0.6) is 5.75 Å². The number of benzene rings is 1. The second-order valence-corrected chi connectivity index (χ2v) is 6.14. The Balaban J connectivity index is 1.75. The molecule has 0 aromatic heterocycles. The third-order valence-corrected chi connectivity index (χ3v) is 4.23. The van der Waals surface area contributed by atoms with Crippen LogP contribution in [0.3, 0.4) is 0 Å². The van der Waals surface area contributed by atoms with Gasteiger partial charge >= 0.3 is 6.03 Å². The molecule has 0 radical (unpaired) electrons. The zero-order valence-corrected chi connectivity index (χ0v) is 13.5. The first-order chi connectivity index (χ1) is 10.6. The van der Waals surface area contributed by atoms with Gasteiger partial charge in [-0.2, -0.15) is 0 Å². The van der Waals surface area contributed by atoms with Crippen molar-refractivity contribution < 1.29 is 14.6 Å². The normalized spacial score (nSPS) is 21.2. The van der Waals surface area contributed by atoms with Crippen LogP contribution in [0.4, 0.5) is 4.79 Å². The molecule has 1 fully saturated rings. The molecule has 5 nitrogen and oxygen atoms in total. The Morgan fingerprint density at radius 3 is 2.95 bits per heavy atom. The summed E-state index contributed by atoms with van der Waals surface area (Å²) in [6.45, 7) is 0.972. The maximum Gasteiger partial charge on any atom is 0.315 e. The number of carbonyl (C=O) groups excluding carboxylic acids is 1. The van der Waals surface area contributed by atoms with Crippen molar-refractivity contribution in [1.29, 1.82) is 0 Å². The maximum atomic E-state index is 11.9. The summed E-state index contributed by atoms with van der Waals surface area (Å²) in [5, 5.41) is 15.9. The number of nitrogens with one attached hydrogen (secondary N) is 2. The average Bonchev–Trinajstić information content (AvgIpc) is 2.51. The number of hydrogen-bond acceptors (Lipinski definition) is 3. The third-order valence-electron chi connectivity index (χ3n) is 3.99. The van der Waals surface area contributed by atoms with Gasteiger partial charge in [0, 0.05) is 23.7 Å². The van der Waals surface area contributed by atoms with Crippen molar-refractivity contribution in [2.45, 2.75) is 38.3 Å². The number of aliphatic hydroxyl groups is 1. The van der Waals surface area contributed by atoms with E-state index >= 15 is 0 Å². The van der Waals surface area contributed by atoms with E-state index in [9.17, 15) is 9.90 Å². The molecule has 22 heavy (non-hydrogen) atoms. The molecule has 2 unspecified atom stereocenters. The van der Waals surface area contributed by atoms with E-state index < -0.39 is 0 Å². The summed E-state index contributed by atoms with van der Waals surface area (Å²) in [5.74, 6) is 1.02. The van der Waals surface area contributed by atoms with E-state index in [0.29, 0.717) is 29.8 Å². The van der Waals surface area contributed by atoms with Crippen LogP contribution in [0.25, 0.3) is 0 Å². The predicted molar refractivity (Wildman–Crippen MR) is 86.2 cm³/mol. The highest BCUT2D eigenvalue weighted by atomic mass is 35.5. The minimum absolute atomic E-state index is 0.211. The fourth-order valence-corrected chi connectivity index (χ4v) is 2.95. The molecule has 2 atom stereocenters. The molecule has 1 aliphatic carbocycles. The number of aliphatic hydroxyl groups excluding tert-OH is 1. The van der Waals surface area contributed by atoms with Gasteiger partial charge in [-0.05, 0) is 37.3 Å². The van der Waals surface area contributed by atoms with Crippen LogP contribution in [0.15, 0.2) is 18.2 Å². The minimum Gasteiger partial charge on any atom is -0.496 e. The molecule has 2 rings (SSSR count). The van der Waals surface area contributed by atoms with Crippen molar-refractivity contribution >= 4 is 17.6 Å². The zero-order valence-electron chi connectivity index (χ0n) is 12.8. The van der Waals surface area contributed by atoms with Crippen molar-refractivity contribution in [3.63, 3.8) is 0 Å². The molecule has 1 aliphatic rings. The van der Waals surface area contributed by atoms with Gasteiger partial charge in [0.15, 0.2) is 0 Å². The van der Waals surface area contributed by atoms with Crippen molar-refractivity contribution in [2.75, 3.05) is 13.7 Å². The number of ether oxygens (including phenoxy) is 1. The van der Waals surface area contributed by atoms with Crippen LogP contribution in [0, 0.1) is 5.92 Å². The lowest BCUT2D eigenvalue weighted by molar-refractivity contribution is 0.101. The number of carbonyl (C=O) groups is 1. The van der Waals surface area contributed by atoms with E-state index in [1.54, 1.807) is 19.2 Å². The smallest absolute Gasteiger partial charge is 0.315 e. The lowest BCUT2D eigenvalue weighted by Gasteiger charge is -2.25. The molecule has 1 aromatic rings. The first kappa shape index (κ1) is 16.9. The van der Waals surface area contributed by atoms with Crippen molar-refractivity contribution in [2.24, 2.45) is 5.92 Å². The summed E-state index contributed by atoms with van der Waals surface area (Å²) in [6.07, 6.45) is 3.51. The Kier molecular flexibility index (Phi) is 6.34. The van der Waals surface area contributed by atoms with Gasteiger partial charge in [-0.3, -0.25) is 0 Å². The predicted octanol–water partition coefficient (Wildman–Crippen LogP) is 2.70. The van der Waals surface area contributed by atoms with E-state index in [1.165, 1.54) is 0 Å². The second-order valence-electron chi connectivity index (χ2n) is 5.71. The van der Waals surface area contributed by atoms with E-state index in [1.807, 2.05) is 6.07 Å². The van der Waals surface area contributed by atoms with Crippen LogP contribution < -0.4 is 15.4 Å². The van der Waals surface area contributed by atoms with Crippen molar-refractivity contribution in [3.05, 3.63) is 28.8 Å². The average molecular weight is 327 g/mol. The van der Waals surface area contributed by atoms with Gasteiger partial charge in [0.05, 0.1) is 13.2 Å². The van der Waals surface area contributed by atoms with Gasteiger partial charge in [-0.15, -0.1) is 0 Å². The van der Waals surface area contributed by atoms with Crippen LogP contribution in [0.2, 0.25) is 5.02 Å². The largest absolute Gasteiger partial charge is 0.496 e. The number of methoxy groups -OCH3 is 1. The molecule has 3 N–H and O–H groups in total. The van der Waals surface area contributed by atoms with E-state index in [2.05, 4.69) is 10.6 Å². The number of hydrogen-bond donors (Lipinski definition) is 3. The Morgan fingerprint density at radius 2 is 2.23 bits per heavy atom. The van der Waals surface area contributed by atoms with Crippen molar-refractivity contribution in [1.82, 2.24) is 10.6 Å². The van der Waals surface area contributed by atoms with Crippen LogP contribution >= 0.6 is 11.6 Å². The maximum absolute atomic E-state index is 11.9. The van der Waals surface area contributed by atoms with Gasteiger partial charge in [0.1, 0.15) is 5.75 Å². The van der Waals surface area contributed by atoms with Crippen LogP contribution in [-0.2, 0) is 6.54 Å². The highest BCUT2D eigenvalue weighted by molar-refractivity contribution is 6.30. The van der Waals surface area contributed by atoms with E-state index in [-0.39, 0.29) is 12.1 Å². The Bertz CT molecular complexity index is 510. The first-order valence-electron chi connectivity index (χ1n) is 7.60. The Hall–Kier alpha value is -1.46. The SMILES string of the molecule is COc1cc(Cl)ccc1CNC(=O)NCC1CCCC(O)C1. The van der Waals surface area contributed by atoms with E-state index in [4.69, 9.17) is 16.3 Å². The van der Waals surface area contributed by atoms with Gasteiger partial charge < -0.3 is 20.5 Å². The van der Waals surface area contributed by atoms with Gasteiger partial charge in [0.25, 0.3) is 0 Å². The summed E-state index contributed by atoms with van der Waals surface area (Å²) in [5.41, 5.74) is 0.870. The van der Waals surface area contributed by atoms with Gasteiger partial charge in [-0.1, -0.05) is 24.1 Å².